The monoisotopic (exact) mass is 459 g/mol. The molecule has 3 rings (SSSR count). The minimum Gasteiger partial charge on any atom is -0.391 e. The van der Waals surface area contributed by atoms with Crippen molar-refractivity contribution < 1.29 is 0 Å². The third kappa shape index (κ3) is 8.11. The first kappa shape index (κ1) is 25.1. The Hall–Kier alpha value is -2.48. The Balaban J connectivity index is 1.54. The zero-order valence-corrected chi connectivity index (χ0v) is 21.1. The number of nitrogens with one attached hydrogen (secondary N) is 2. The second-order valence-corrected chi connectivity index (χ2v) is 10.5. The predicted octanol–water partition coefficient (Wildman–Crippen LogP) is 6.99. The molecule has 0 aliphatic carbocycles. The number of hydrogen-bond donors (Lipinski definition) is 2. The average molecular weight is 460 g/mol. The van der Waals surface area contributed by atoms with E-state index in [4.69, 9.17) is 0 Å². The molecule has 0 radical (unpaired) electrons. The number of allylic oxidation sites excluding steroid dienone is 1. The van der Waals surface area contributed by atoms with Gasteiger partial charge >= 0.3 is 0 Å². The van der Waals surface area contributed by atoms with Crippen LogP contribution in [-0.2, 0) is 19.0 Å². The molecular formula is C29H38N3P. The second kappa shape index (κ2) is 13.9. The number of rotatable bonds is 14. The van der Waals surface area contributed by atoms with Crippen molar-refractivity contribution >= 4 is 19.0 Å². The summed E-state index contributed by atoms with van der Waals surface area (Å²) in [5, 5.41) is 8.58. The van der Waals surface area contributed by atoms with Gasteiger partial charge in [0.15, 0.2) is 0 Å². The van der Waals surface area contributed by atoms with Gasteiger partial charge < -0.3 is 5.32 Å². The highest BCUT2D eigenvalue weighted by molar-refractivity contribution is 7.54. The molecular weight excluding hydrogens is 421 g/mol. The van der Waals surface area contributed by atoms with E-state index in [1.807, 2.05) is 12.3 Å². The molecule has 174 valence electrons. The Labute approximate surface area is 201 Å². The molecule has 4 heteroatoms. The number of fused-ring (bicyclic) bond motifs is 1. The zero-order chi connectivity index (χ0) is 23.3. The molecule has 33 heavy (non-hydrogen) atoms. The lowest BCUT2D eigenvalue weighted by Gasteiger charge is -2.19. The number of aromatic nitrogens is 1. The first-order valence-electron chi connectivity index (χ1n) is 12.1. The van der Waals surface area contributed by atoms with Gasteiger partial charge in [0.05, 0.1) is 5.52 Å². The minimum atomic E-state index is -0.257. The first-order chi connectivity index (χ1) is 16.2. The Morgan fingerprint density at radius 2 is 1.91 bits per heavy atom. The van der Waals surface area contributed by atoms with Gasteiger partial charge in [-0.25, -0.2) is 0 Å². The SMILES string of the molecule is C=CCNP(CC/C(=C/NCCc1ccnc2ccc(CC)cc12)CC)Cc1ccccc1. The van der Waals surface area contributed by atoms with Crippen LogP contribution in [-0.4, -0.2) is 24.2 Å². The molecule has 0 saturated heterocycles. The standard InChI is InChI=1S/C29H38N3P/c1-4-17-32-33(23-26-10-8-7-9-11-26)20-16-25(6-3)22-30-18-14-27-15-19-31-29-13-12-24(5-2)21-28(27)29/h4,7-13,15,19,21-22,30,32H,1,5-6,14,16-18,20,23H2,2-3H3/b25-22+. The number of nitrogens with zero attached hydrogens (tertiary/aromatic N) is 1. The Kier molecular flexibility index (Phi) is 10.6. The second-order valence-electron chi connectivity index (χ2n) is 8.34. The van der Waals surface area contributed by atoms with E-state index in [1.54, 1.807) is 0 Å². The minimum absolute atomic E-state index is 0.257. The lowest BCUT2D eigenvalue weighted by molar-refractivity contribution is 0.812. The van der Waals surface area contributed by atoms with Gasteiger partial charge in [-0.1, -0.05) is 61.9 Å². The van der Waals surface area contributed by atoms with E-state index in [1.165, 1.54) is 33.8 Å². The third-order valence-corrected chi connectivity index (χ3v) is 8.12. The van der Waals surface area contributed by atoms with Crippen LogP contribution in [0.4, 0.5) is 0 Å². The van der Waals surface area contributed by atoms with Crippen molar-refractivity contribution in [1.82, 2.24) is 15.4 Å². The number of aryl methyl sites for hydroxylation is 1. The number of hydrogen-bond acceptors (Lipinski definition) is 3. The fourth-order valence-corrected chi connectivity index (χ4v) is 5.98. The molecule has 0 aliphatic heterocycles. The molecule has 1 aromatic heterocycles. The van der Waals surface area contributed by atoms with Crippen molar-refractivity contribution in [1.29, 1.82) is 0 Å². The van der Waals surface area contributed by atoms with Crippen LogP contribution in [0.3, 0.4) is 0 Å². The van der Waals surface area contributed by atoms with E-state index in [0.717, 1.165) is 50.5 Å². The van der Waals surface area contributed by atoms with Crippen molar-refractivity contribution in [2.75, 3.05) is 19.3 Å². The van der Waals surface area contributed by atoms with Crippen molar-refractivity contribution in [3.05, 3.63) is 102 Å². The fraction of sp³-hybridized carbons (Fsp3) is 0.345. The topological polar surface area (TPSA) is 37.0 Å². The van der Waals surface area contributed by atoms with Gasteiger partial charge in [-0.2, -0.15) is 0 Å². The highest BCUT2D eigenvalue weighted by atomic mass is 31.1. The van der Waals surface area contributed by atoms with E-state index in [0.29, 0.717) is 0 Å². The summed E-state index contributed by atoms with van der Waals surface area (Å²) in [7, 11) is -0.257. The fourth-order valence-electron chi connectivity index (χ4n) is 3.95. The lowest BCUT2D eigenvalue weighted by atomic mass is 10.0. The van der Waals surface area contributed by atoms with Crippen LogP contribution in [0.5, 0.6) is 0 Å². The smallest absolute Gasteiger partial charge is 0.0704 e. The molecule has 0 fully saturated rings. The molecule has 0 spiro atoms. The molecule has 1 heterocycles. The number of benzene rings is 2. The van der Waals surface area contributed by atoms with Crippen LogP contribution in [0, 0.1) is 0 Å². The van der Waals surface area contributed by atoms with Crippen LogP contribution in [0.15, 0.2) is 85.2 Å². The Morgan fingerprint density at radius 1 is 1.06 bits per heavy atom. The van der Waals surface area contributed by atoms with Crippen LogP contribution >= 0.6 is 8.07 Å². The van der Waals surface area contributed by atoms with Gasteiger partial charge in [0.1, 0.15) is 0 Å². The molecule has 0 aliphatic rings. The van der Waals surface area contributed by atoms with E-state index in [9.17, 15) is 0 Å². The molecule has 3 aromatic rings. The van der Waals surface area contributed by atoms with Crippen LogP contribution < -0.4 is 10.4 Å². The summed E-state index contributed by atoms with van der Waals surface area (Å²) in [6.45, 7) is 10.2. The maximum Gasteiger partial charge on any atom is 0.0704 e. The largest absolute Gasteiger partial charge is 0.391 e. The molecule has 3 nitrogen and oxygen atoms in total. The van der Waals surface area contributed by atoms with Crippen molar-refractivity contribution in [2.24, 2.45) is 0 Å². The van der Waals surface area contributed by atoms with Crippen molar-refractivity contribution in [3.63, 3.8) is 0 Å². The molecule has 1 atom stereocenters. The van der Waals surface area contributed by atoms with E-state index in [-0.39, 0.29) is 8.07 Å². The summed E-state index contributed by atoms with van der Waals surface area (Å²) >= 11 is 0. The van der Waals surface area contributed by atoms with Crippen molar-refractivity contribution in [2.45, 2.75) is 45.7 Å². The van der Waals surface area contributed by atoms with Crippen LogP contribution in [0.25, 0.3) is 10.9 Å². The molecule has 2 aromatic carbocycles. The highest BCUT2D eigenvalue weighted by Crippen LogP contribution is 2.37. The molecule has 0 bridgehead atoms. The van der Waals surface area contributed by atoms with Gasteiger partial charge in [-0.05, 0) is 81.0 Å². The summed E-state index contributed by atoms with van der Waals surface area (Å²) in [5.74, 6) is 0. The maximum absolute atomic E-state index is 4.54. The highest BCUT2D eigenvalue weighted by Gasteiger charge is 2.09. The van der Waals surface area contributed by atoms with Crippen LogP contribution in [0.2, 0.25) is 0 Å². The Bertz CT molecular complexity index is 1030. The van der Waals surface area contributed by atoms with E-state index >= 15 is 0 Å². The summed E-state index contributed by atoms with van der Waals surface area (Å²) in [4.78, 5) is 4.54. The number of pyridine rings is 1. The summed E-state index contributed by atoms with van der Waals surface area (Å²) in [5.41, 5.74) is 6.73. The van der Waals surface area contributed by atoms with Gasteiger partial charge in [0.2, 0.25) is 0 Å². The first-order valence-corrected chi connectivity index (χ1v) is 13.9. The van der Waals surface area contributed by atoms with Gasteiger partial charge in [0, 0.05) is 30.8 Å². The van der Waals surface area contributed by atoms with Gasteiger partial charge in [-0.15, -0.1) is 6.58 Å². The lowest BCUT2D eigenvalue weighted by Crippen LogP contribution is -2.13. The van der Waals surface area contributed by atoms with Crippen LogP contribution in [0.1, 0.15) is 43.4 Å². The normalized spacial score (nSPS) is 12.6. The summed E-state index contributed by atoms with van der Waals surface area (Å²) in [6, 6.07) is 19.6. The average Bonchev–Trinajstić information content (AvgIpc) is 2.86. The zero-order valence-electron chi connectivity index (χ0n) is 20.2. The quantitative estimate of drug-likeness (QED) is 0.155. The maximum atomic E-state index is 4.54. The van der Waals surface area contributed by atoms with Gasteiger partial charge in [0.25, 0.3) is 0 Å². The third-order valence-electron chi connectivity index (χ3n) is 5.98. The predicted molar refractivity (Wildman–Crippen MR) is 146 cm³/mol. The Morgan fingerprint density at radius 3 is 2.67 bits per heavy atom. The van der Waals surface area contributed by atoms with E-state index < -0.39 is 0 Å². The summed E-state index contributed by atoms with van der Waals surface area (Å²) in [6.07, 6.45) is 12.7. The summed E-state index contributed by atoms with van der Waals surface area (Å²) < 4.78 is 0. The molecule has 1 unspecified atom stereocenters. The molecule has 0 amide bonds. The van der Waals surface area contributed by atoms with Gasteiger partial charge in [-0.3, -0.25) is 10.1 Å². The van der Waals surface area contributed by atoms with E-state index in [2.05, 4.69) is 96.6 Å². The van der Waals surface area contributed by atoms with Crippen molar-refractivity contribution in [3.8, 4) is 0 Å². The molecule has 0 saturated carbocycles. The molecule has 2 N–H and O–H groups in total.